The second-order valence-electron chi connectivity index (χ2n) is 6.48. The van der Waals surface area contributed by atoms with E-state index in [1.165, 1.54) is 37.6 Å². The standard InChI is InChI=1S/C12H13F3O.C6H14.C2H5N/c13-12(14,15)10-6-4-9(5-7-10)8-16-11-2-1-3-11;1-4-5-6(2)3;1-2-3/h4-7,11H,1-3,8H2;6H,4-5H2,1-3H3;2H,1,3H2. The Hall–Kier alpha value is -1.49. The molecular weight excluding hydrogens is 327 g/mol. The van der Waals surface area contributed by atoms with E-state index in [0.717, 1.165) is 36.5 Å². The van der Waals surface area contributed by atoms with Crippen molar-refractivity contribution in [3.8, 4) is 0 Å². The quantitative estimate of drug-likeness (QED) is 0.669. The summed E-state index contributed by atoms with van der Waals surface area (Å²) in [4.78, 5) is 0. The SMILES string of the molecule is C=CN.CCCC(C)C.FC(F)(F)c1ccc(COC2CCC2)cc1. The molecule has 1 aromatic rings. The van der Waals surface area contributed by atoms with Crippen LogP contribution in [-0.4, -0.2) is 6.10 Å². The van der Waals surface area contributed by atoms with Crippen LogP contribution >= 0.6 is 0 Å². The van der Waals surface area contributed by atoms with E-state index in [0.29, 0.717) is 12.7 Å². The third kappa shape index (κ3) is 11.6. The molecule has 0 spiro atoms. The van der Waals surface area contributed by atoms with Crippen LogP contribution in [0.2, 0.25) is 0 Å². The van der Waals surface area contributed by atoms with Gasteiger partial charge in [0.05, 0.1) is 18.3 Å². The number of benzene rings is 1. The predicted molar refractivity (Wildman–Crippen MR) is 98.0 cm³/mol. The summed E-state index contributed by atoms with van der Waals surface area (Å²) in [7, 11) is 0. The maximum atomic E-state index is 12.3. The monoisotopic (exact) mass is 359 g/mol. The molecule has 0 radical (unpaired) electrons. The highest BCUT2D eigenvalue weighted by molar-refractivity contribution is 5.24. The van der Waals surface area contributed by atoms with Crippen LogP contribution in [0.4, 0.5) is 13.2 Å². The summed E-state index contributed by atoms with van der Waals surface area (Å²) >= 11 is 0. The highest BCUT2D eigenvalue weighted by Crippen LogP contribution is 2.29. The number of alkyl halides is 3. The van der Waals surface area contributed by atoms with Crippen LogP contribution in [0.5, 0.6) is 0 Å². The topological polar surface area (TPSA) is 35.2 Å². The van der Waals surface area contributed by atoms with Crippen molar-refractivity contribution >= 4 is 0 Å². The van der Waals surface area contributed by atoms with Gasteiger partial charge in [-0.15, -0.1) is 0 Å². The molecule has 5 heteroatoms. The summed E-state index contributed by atoms with van der Waals surface area (Å²) in [6.07, 6.45) is 3.34. The van der Waals surface area contributed by atoms with E-state index in [1.807, 2.05) is 0 Å². The molecule has 2 N–H and O–H groups in total. The first-order chi connectivity index (χ1) is 11.7. The Morgan fingerprint density at radius 2 is 1.76 bits per heavy atom. The first kappa shape index (κ1) is 23.5. The average molecular weight is 359 g/mol. The number of hydrogen-bond donors (Lipinski definition) is 1. The van der Waals surface area contributed by atoms with Crippen LogP contribution in [0.1, 0.15) is 64.0 Å². The fourth-order valence-corrected chi connectivity index (χ4v) is 2.12. The fraction of sp³-hybridized carbons (Fsp3) is 0.600. The highest BCUT2D eigenvalue weighted by atomic mass is 19.4. The van der Waals surface area contributed by atoms with Gasteiger partial charge in [-0.2, -0.15) is 13.2 Å². The van der Waals surface area contributed by atoms with Crippen molar-refractivity contribution in [2.45, 2.75) is 71.8 Å². The van der Waals surface area contributed by atoms with E-state index in [1.54, 1.807) is 0 Å². The van der Waals surface area contributed by atoms with Gasteiger partial charge >= 0.3 is 6.18 Å². The Kier molecular flexibility index (Phi) is 12.0. The van der Waals surface area contributed by atoms with Crippen molar-refractivity contribution in [2.24, 2.45) is 11.7 Å². The van der Waals surface area contributed by atoms with E-state index >= 15 is 0 Å². The fourth-order valence-electron chi connectivity index (χ4n) is 2.12. The Bertz CT molecular complexity index is 451. The lowest BCUT2D eigenvalue weighted by Gasteiger charge is -2.25. The molecule has 0 atom stereocenters. The van der Waals surface area contributed by atoms with Gasteiger partial charge in [0.1, 0.15) is 0 Å². The van der Waals surface area contributed by atoms with Crippen molar-refractivity contribution in [1.82, 2.24) is 0 Å². The van der Waals surface area contributed by atoms with Crippen LogP contribution in [0.3, 0.4) is 0 Å². The smallest absolute Gasteiger partial charge is 0.405 e. The molecule has 0 saturated heterocycles. The zero-order valence-corrected chi connectivity index (χ0v) is 15.6. The Balaban J connectivity index is 0.000000538. The summed E-state index contributed by atoms with van der Waals surface area (Å²) in [5.41, 5.74) is 4.79. The summed E-state index contributed by atoms with van der Waals surface area (Å²) < 4.78 is 42.3. The number of ether oxygens (including phenoxy) is 1. The van der Waals surface area contributed by atoms with E-state index in [9.17, 15) is 13.2 Å². The van der Waals surface area contributed by atoms with Crippen LogP contribution in [0.15, 0.2) is 37.0 Å². The minimum Gasteiger partial charge on any atom is -0.405 e. The molecule has 1 aromatic carbocycles. The van der Waals surface area contributed by atoms with Crippen molar-refractivity contribution in [2.75, 3.05) is 0 Å². The Morgan fingerprint density at radius 3 is 2.04 bits per heavy atom. The van der Waals surface area contributed by atoms with Gasteiger partial charge in [-0.25, -0.2) is 0 Å². The summed E-state index contributed by atoms with van der Waals surface area (Å²) in [6, 6.07) is 5.14. The highest BCUT2D eigenvalue weighted by Gasteiger charge is 2.29. The van der Waals surface area contributed by atoms with Gasteiger partial charge in [-0.3, -0.25) is 0 Å². The van der Waals surface area contributed by atoms with Gasteiger partial charge in [0.15, 0.2) is 0 Å². The molecule has 1 saturated carbocycles. The maximum absolute atomic E-state index is 12.3. The van der Waals surface area contributed by atoms with Gasteiger partial charge in [0.2, 0.25) is 0 Å². The summed E-state index contributed by atoms with van der Waals surface area (Å²) in [6.45, 7) is 10.3. The molecule has 1 fully saturated rings. The maximum Gasteiger partial charge on any atom is 0.416 e. The average Bonchev–Trinajstić information content (AvgIpc) is 2.46. The number of hydrogen-bond acceptors (Lipinski definition) is 2. The molecule has 2 rings (SSSR count). The lowest BCUT2D eigenvalue weighted by Crippen LogP contribution is -2.21. The van der Waals surface area contributed by atoms with Crippen LogP contribution in [0, 0.1) is 5.92 Å². The van der Waals surface area contributed by atoms with Crippen molar-refractivity contribution in [1.29, 1.82) is 0 Å². The van der Waals surface area contributed by atoms with Gasteiger partial charge in [0, 0.05) is 0 Å². The van der Waals surface area contributed by atoms with E-state index in [4.69, 9.17) is 4.74 Å². The van der Waals surface area contributed by atoms with Crippen molar-refractivity contribution in [3.05, 3.63) is 48.2 Å². The van der Waals surface area contributed by atoms with Gasteiger partial charge in [-0.1, -0.05) is 52.3 Å². The minimum absolute atomic E-state index is 0.308. The number of halogens is 3. The Labute approximate surface area is 150 Å². The zero-order valence-electron chi connectivity index (χ0n) is 15.6. The molecule has 0 unspecified atom stereocenters. The third-order valence-electron chi connectivity index (χ3n) is 3.69. The molecule has 0 aromatic heterocycles. The largest absolute Gasteiger partial charge is 0.416 e. The first-order valence-corrected chi connectivity index (χ1v) is 8.84. The molecule has 144 valence electrons. The first-order valence-electron chi connectivity index (χ1n) is 8.84. The predicted octanol–water partition coefficient (Wildman–Crippen LogP) is 6.31. The summed E-state index contributed by atoms with van der Waals surface area (Å²) in [5.74, 6) is 0.898. The molecular formula is C20H32F3NO. The molecule has 2 nitrogen and oxygen atoms in total. The molecule has 1 aliphatic rings. The van der Waals surface area contributed by atoms with Gasteiger partial charge in [-0.05, 0) is 49.1 Å². The van der Waals surface area contributed by atoms with E-state index in [2.05, 4.69) is 33.1 Å². The Morgan fingerprint density at radius 1 is 1.24 bits per heavy atom. The molecule has 1 aliphatic carbocycles. The van der Waals surface area contributed by atoms with Gasteiger partial charge in [0.25, 0.3) is 0 Å². The lowest BCUT2D eigenvalue weighted by molar-refractivity contribution is -0.137. The minimum atomic E-state index is -4.26. The number of nitrogens with two attached hydrogens (primary N) is 1. The van der Waals surface area contributed by atoms with Crippen LogP contribution < -0.4 is 5.73 Å². The molecule has 0 amide bonds. The van der Waals surface area contributed by atoms with E-state index < -0.39 is 11.7 Å². The molecule has 0 aliphatic heterocycles. The zero-order chi connectivity index (χ0) is 19.3. The summed E-state index contributed by atoms with van der Waals surface area (Å²) in [5, 5.41) is 0. The van der Waals surface area contributed by atoms with Gasteiger partial charge < -0.3 is 10.5 Å². The van der Waals surface area contributed by atoms with Crippen molar-refractivity contribution < 1.29 is 17.9 Å². The van der Waals surface area contributed by atoms with Crippen LogP contribution in [0.25, 0.3) is 0 Å². The molecule has 0 heterocycles. The van der Waals surface area contributed by atoms with E-state index in [-0.39, 0.29) is 0 Å². The normalized spacial score (nSPS) is 13.9. The van der Waals surface area contributed by atoms with Crippen molar-refractivity contribution in [3.63, 3.8) is 0 Å². The molecule has 0 bridgehead atoms. The second kappa shape index (κ2) is 12.8. The van der Waals surface area contributed by atoms with Crippen LogP contribution in [-0.2, 0) is 17.5 Å². The number of rotatable bonds is 5. The third-order valence-corrected chi connectivity index (χ3v) is 3.69. The second-order valence-corrected chi connectivity index (χ2v) is 6.48. The lowest BCUT2D eigenvalue weighted by atomic mass is 9.96. The molecule has 25 heavy (non-hydrogen) atoms.